The summed E-state index contributed by atoms with van der Waals surface area (Å²) in [5.74, 6) is 1.61. The topological polar surface area (TPSA) is 82.8 Å². The van der Waals surface area contributed by atoms with Crippen molar-refractivity contribution >= 4 is 11.8 Å². The zero-order valence-corrected chi connectivity index (χ0v) is 18.6. The molecule has 1 aliphatic heterocycles. The van der Waals surface area contributed by atoms with Crippen LogP contribution in [-0.2, 0) is 22.6 Å². The third-order valence-electron chi connectivity index (χ3n) is 6.41. The Morgan fingerprint density at radius 3 is 2.53 bits per heavy atom. The van der Waals surface area contributed by atoms with Crippen LogP contribution in [0, 0.1) is 0 Å². The molecule has 30 heavy (non-hydrogen) atoms. The van der Waals surface area contributed by atoms with Crippen LogP contribution in [0.15, 0.2) is 4.52 Å². The average Bonchev–Trinajstić information content (AvgIpc) is 3.23. The standard InChI is InChI=1S/C22H37N5O3/c1-3-4-10-22(29)27-15-13-26(14-16-27)17-19-23-20(30-24-19)11-12-21(28)25(2)18-8-6-5-7-9-18/h18H,3-17H2,1-2H3. The molecule has 1 aliphatic carbocycles. The number of carbonyl (C=O) groups is 2. The third-order valence-corrected chi connectivity index (χ3v) is 6.41. The number of aromatic nitrogens is 2. The summed E-state index contributed by atoms with van der Waals surface area (Å²) >= 11 is 0. The normalized spacial score (nSPS) is 18.5. The summed E-state index contributed by atoms with van der Waals surface area (Å²) in [6.45, 7) is 5.90. The average molecular weight is 420 g/mol. The van der Waals surface area contributed by atoms with E-state index in [1.165, 1.54) is 19.3 Å². The Bertz CT molecular complexity index is 678. The minimum atomic E-state index is 0.158. The van der Waals surface area contributed by atoms with Gasteiger partial charge in [0, 0.05) is 58.5 Å². The zero-order chi connectivity index (χ0) is 21.3. The molecule has 0 bridgehead atoms. The number of hydrogen-bond donors (Lipinski definition) is 0. The molecule has 1 aromatic rings. The molecular formula is C22H37N5O3. The lowest BCUT2D eigenvalue weighted by atomic mass is 9.94. The van der Waals surface area contributed by atoms with Crippen molar-refractivity contribution in [2.45, 2.75) is 83.7 Å². The van der Waals surface area contributed by atoms with E-state index in [4.69, 9.17) is 4.52 Å². The SMILES string of the molecule is CCCCC(=O)N1CCN(Cc2noc(CCC(=O)N(C)C3CCCCC3)n2)CC1. The molecular weight excluding hydrogens is 382 g/mol. The van der Waals surface area contributed by atoms with Gasteiger partial charge in [-0.3, -0.25) is 14.5 Å². The van der Waals surface area contributed by atoms with Crippen LogP contribution in [0.25, 0.3) is 0 Å². The Kier molecular flexibility index (Phi) is 8.66. The van der Waals surface area contributed by atoms with E-state index < -0.39 is 0 Å². The minimum Gasteiger partial charge on any atom is -0.343 e. The van der Waals surface area contributed by atoms with E-state index >= 15 is 0 Å². The van der Waals surface area contributed by atoms with E-state index in [2.05, 4.69) is 22.0 Å². The van der Waals surface area contributed by atoms with Gasteiger partial charge < -0.3 is 14.3 Å². The van der Waals surface area contributed by atoms with Gasteiger partial charge in [0.2, 0.25) is 17.7 Å². The van der Waals surface area contributed by atoms with E-state index in [1.54, 1.807) is 0 Å². The van der Waals surface area contributed by atoms with Gasteiger partial charge >= 0.3 is 0 Å². The molecule has 0 spiro atoms. The van der Waals surface area contributed by atoms with Crippen molar-refractivity contribution in [2.75, 3.05) is 33.2 Å². The summed E-state index contributed by atoms with van der Waals surface area (Å²) in [5, 5.41) is 4.08. The summed E-state index contributed by atoms with van der Waals surface area (Å²) < 4.78 is 5.36. The first-order valence-corrected chi connectivity index (χ1v) is 11.6. The van der Waals surface area contributed by atoms with Gasteiger partial charge in [0.25, 0.3) is 0 Å². The van der Waals surface area contributed by atoms with Crippen LogP contribution in [0.3, 0.4) is 0 Å². The van der Waals surface area contributed by atoms with E-state index in [9.17, 15) is 9.59 Å². The molecule has 8 nitrogen and oxygen atoms in total. The Labute approximate surface area is 180 Å². The lowest BCUT2D eigenvalue weighted by Crippen LogP contribution is -2.48. The van der Waals surface area contributed by atoms with Crippen molar-refractivity contribution in [2.24, 2.45) is 0 Å². The van der Waals surface area contributed by atoms with Crippen LogP contribution in [0.5, 0.6) is 0 Å². The van der Waals surface area contributed by atoms with Crippen LogP contribution in [-0.4, -0.2) is 75.9 Å². The molecule has 2 fully saturated rings. The van der Waals surface area contributed by atoms with Crippen molar-refractivity contribution < 1.29 is 14.1 Å². The Morgan fingerprint density at radius 1 is 1.10 bits per heavy atom. The predicted octanol–water partition coefficient (Wildman–Crippen LogP) is 2.63. The van der Waals surface area contributed by atoms with Gasteiger partial charge in [0.05, 0.1) is 6.54 Å². The fourth-order valence-electron chi connectivity index (χ4n) is 4.36. The molecule has 2 heterocycles. The summed E-state index contributed by atoms with van der Waals surface area (Å²) in [5.41, 5.74) is 0. The molecule has 1 saturated heterocycles. The zero-order valence-electron chi connectivity index (χ0n) is 18.6. The van der Waals surface area contributed by atoms with Crippen molar-refractivity contribution in [3.63, 3.8) is 0 Å². The maximum atomic E-state index is 12.5. The molecule has 0 radical (unpaired) electrons. The lowest BCUT2D eigenvalue weighted by molar-refractivity contribution is -0.133. The summed E-state index contributed by atoms with van der Waals surface area (Å²) in [4.78, 5) is 35.2. The summed E-state index contributed by atoms with van der Waals surface area (Å²) in [7, 11) is 1.92. The van der Waals surface area contributed by atoms with Crippen LogP contribution >= 0.6 is 0 Å². The second kappa shape index (κ2) is 11.4. The highest BCUT2D eigenvalue weighted by atomic mass is 16.5. The molecule has 0 unspecified atom stereocenters. The minimum absolute atomic E-state index is 0.158. The van der Waals surface area contributed by atoms with E-state index in [0.29, 0.717) is 43.6 Å². The van der Waals surface area contributed by atoms with Gasteiger partial charge in [-0.15, -0.1) is 0 Å². The Morgan fingerprint density at radius 2 is 1.83 bits per heavy atom. The van der Waals surface area contributed by atoms with E-state index in [1.807, 2.05) is 16.8 Å². The van der Waals surface area contributed by atoms with Crippen LogP contribution in [0.4, 0.5) is 0 Å². The van der Waals surface area contributed by atoms with E-state index in [-0.39, 0.29) is 11.8 Å². The van der Waals surface area contributed by atoms with Crippen LogP contribution in [0.1, 0.15) is 76.4 Å². The van der Waals surface area contributed by atoms with E-state index in [0.717, 1.165) is 51.9 Å². The highest BCUT2D eigenvalue weighted by Crippen LogP contribution is 2.22. The van der Waals surface area contributed by atoms with Gasteiger partial charge in [-0.25, -0.2) is 0 Å². The first-order chi connectivity index (χ1) is 14.6. The number of piperazine rings is 1. The smallest absolute Gasteiger partial charge is 0.227 e. The van der Waals surface area contributed by atoms with Crippen LogP contribution < -0.4 is 0 Å². The van der Waals surface area contributed by atoms with Gasteiger partial charge in [0.15, 0.2) is 5.82 Å². The summed E-state index contributed by atoms with van der Waals surface area (Å²) in [6.07, 6.45) is 9.52. The molecule has 3 rings (SSSR count). The maximum Gasteiger partial charge on any atom is 0.227 e. The number of carbonyl (C=O) groups excluding carboxylic acids is 2. The Balaban J connectivity index is 1.38. The molecule has 168 valence electrons. The second-order valence-corrected chi connectivity index (χ2v) is 8.66. The number of hydrogen-bond acceptors (Lipinski definition) is 6. The maximum absolute atomic E-state index is 12.5. The highest BCUT2D eigenvalue weighted by molar-refractivity contribution is 5.76. The predicted molar refractivity (Wildman–Crippen MR) is 114 cm³/mol. The number of unbranched alkanes of at least 4 members (excludes halogenated alkanes) is 1. The van der Waals surface area contributed by atoms with Crippen molar-refractivity contribution in [1.82, 2.24) is 24.8 Å². The molecule has 2 aliphatic rings. The highest BCUT2D eigenvalue weighted by Gasteiger charge is 2.24. The van der Waals surface area contributed by atoms with Gasteiger partial charge in [-0.05, 0) is 19.3 Å². The van der Waals surface area contributed by atoms with Crippen molar-refractivity contribution in [3.8, 4) is 0 Å². The number of nitrogens with zero attached hydrogens (tertiary/aromatic N) is 5. The monoisotopic (exact) mass is 419 g/mol. The summed E-state index contributed by atoms with van der Waals surface area (Å²) in [6, 6.07) is 0.386. The van der Waals surface area contributed by atoms with Gasteiger partial charge in [-0.2, -0.15) is 4.98 Å². The molecule has 2 amide bonds. The number of amides is 2. The molecule has 0 N–H and O–H groups in total. The number of aryl methyl sites for hydroxylation is 1. The van der Waals surface area contributed by atoms with Gasteiger partial charge in [0.1, 0.15) is 0 Å². The second-order valence-electron chi connectivity index (χ2n) is 8.66. The molecule has 0 aromatic carbocycles. The van der Waals surface area contributed by atoms with Crippen molar-refractivity contribution in [3.05, 3.63) is 11.7 Å². The quantitative estimate of drug-likeness (QED) is 0.612. The fraction of sp³-hybridized carbons (Fsp3) is 0.818. The number of rotatable bonds is 9. The van der Waals surface area contributed by atoms with Gasteiger partial charge in [-0.1, -0.05) is 37.8 Å². The lowest BCUT2D eigenvalue weighted by Gasteiger charge is -2.34. The first kappa shape index (κ1) is 22.7. The van der Waals surface area contributed by atoms with Crippen LogP contribution in [0.2, 0.25) is 0 Å². The molecule has 1 saturated carbocycles. The molecule has 8 heteroatoms. The molecule has 1 aromatic heterocycles. The third kappa shape index (κ3) is 6.52. The molecule has 0 atom stereocenters. The first-order valence-electron chi connectivity index (χ1n) is 11.6. The largest absolute Gasteiger partial charge is 0.343 e. The fourth-order valence-corrected chi connectivity index (χ4v) is 4.36. The Hall–Kier alpha value is -1.96. The van der Waals surface area contributed by atoms with Crippen molar-refractivity contribution in [1.29, 1.82) is 0 Å².